The van der Waals surface area contributed by atoms with Crippen molar-refractivity contribution in [2.45, 2.75) is 32.2 Å². The van der Waals surface area contributed by atoms with E-state index in [9.17, 15) is 9.59 Å². The molecule has 4 N–H and O–H groups in total. The predicted octanol–water partition coefficient (Wildman–Crippen LogP) is 2.41. The number of nitrogens with one attached hydrogen (secondary N) is 2. The van der Waals surface area contributed by atoms with Crippen LogP contribution in [0.3, 0.4) is 0 Å². The number of aliphatic imine (C=N–C) groups is 1. The molecule has 140 valence electrons. The summed E-state index contributed by atoms with van der Waals surface area (Å²) in [4.78, 5) is 33.4. The van der Waals surface area contributed by atoms with Crippen molar-refractivity contribution in [1.29, 1.82) is 0 Å². The quantitative estimate of drug-likeness (QED) is 0.756. The van der Waals surface area contributed by atoms with Crippen molar-refractivity contribution in [3.63, 3.8) is 0 Å². The molecule has 0 spiro atoms. The van der Waals surface area contributed by atoms with E-state index in [2.05, 4.69) is 20.6 Å². The Morgan fingerprint density at radius 2 is 2.11 bits per heavy atom. The molecule has 0 fully saturated rings. The number of carbonyl (C=O) groups is 2. The van der Waals surface area contributed by atoms with E-state index in [0.717, 1.165) is 12.0 Å². The largest absolute Gasteiger partial charge is 0.370 e. The Hall–Kier alpha value is -3.22. The van der Waals surface area contributed by atoms with Crippen LogP contribution in [0, 0.1) is 5.92 Å². The number of hydrogen-bond donors (Lipinski definition) is 3. The van der Waals surface area contributed by atoms with Crippen LogP contribution in [0.5, 0.6) is 0 Å². The third kappa shape index (κ3) is 3.67. The Kier molecular flexibility index (Phi) is 5.21. The van der Waals surface area contributed by atoms with Gasteiger partial charge in [-0.25, -0.2) is 4.99 Å². The first-order valence-corrected chi connectivity index (χ1v) is 8.95. The lowest BCUT2D eigenvalue weighted by molar-refractivity contribution is -0.126. The monoisotopic (exact) mass is 365 g/mol. The molecule has 3 rings (SSSR count). The van der Waals surface area contributed by atoms with E-state index in [-0.39, 0.29) is 23.7 Å². The van der Waals surface area contributed by atoms with Gasteiger partial charge in [0.2, 0.25) is 5.91 Å². The second-order valence-electron chi connectivity index (χ2n) is 6.63. The zero-order valence-electron chi connectivity index (χ0n) is 15.4. The Balaban J connectivity index is 1.96. The maximum absolute atomic E-state index is 12.4. The lowest BCUT2D eigenvalue weighted by Gasteiger charge is -2.38. The van der Waals surface area contributed by atoms with Gasteiger partial charge in [0.05, 0.1) is 5.92 Å². The van der Waals surface area contributed by atoms with E-state index in [0.29, 0.717) is 17.8 Å². The van der Waals surface area contributed by atoms with Gasteiger partial charge >= 0.3 is 0 Å². The maximum Gasteiger partial charge on any atom is 0.274 e. The molecule has 0 bridgehead atoms. The van der Waals surface area contributed by atoms with Crippen molar-refractivity contribution < 1.29 is 9.59 Å². The van der Waals surface area contributed by atoms with E-state index in [1.54, 1.807) is 30.5 Å². The maximum atomic E-state index is 12.4. The highest BCUT2D eigenvalue weighted by Gasteiger charge is 2.44. The second kappa shape index (κ2) is 7.57. The van der Waals surface area contributed by atoms with E-state index < -0.39 is 5.54 Å². The normalized spacial score (nSPS) is 21.9. The van der Waals surface area contributed by atoms with Crippen LogP contribution in [0.4, 0.5) is 5.69 Å². The summed E-state index contributed by atoms with van der Waals surface area (Å²) < 4.78 is 0. The van der Waals surface area contributed by atoms with Crippen LogP contribution in [0.1, 0.15) is 42.7 Å². The number of nitrogens with two attached hydrogens (primary N) is 1. The third-order valence-corrected chi connectivity index (χ3v) is 4.83. The van der Waals surface area contributed by atoms with Crippen LogP contribution in [0.2, 0.25) is 0 Å². The second-order valence-corrected chi connectivity index (χ2v) is 6.63. The average molecular weight is 365 g/mol. The molecule has 2 atom stereocenters. The van der Waals surface area contributed by atoms with E-state index in [1.165, 1.54) is 0 Å². The first kappa shape index (κ1) is 18.6. The fraction of sp³-hybridized carbons (Fsp3) is 0.300. The molecule has 0 saturated carbocycles. The van der Waals surface area contributed by atoms with E-state index in [1.807, 2.05) is 32.0 Å². The minimum Gasteiger partial charge on any atom is -0.370 e. The number of amides is 2. The van der Waals surface area contributed by atoms with Gasteiger partial charge in [0.25, 0.3) is 5.91 Å². The van der Waals surface area contributed by atoms with Crippen LogP contribution < -0.4 is 16.4 Å². The first-order valence-electron chi connectivity index (χ1n) is 8.95. The highest BCUT2D eigenvalue weighted by molar-refractivity contribution is 6.03. The Labute approximate surface area is 158 Å². The Morgan fingerprint density at radius 1 is 1.30 bits per heavy atom. The van der Waals surface area contributed by atoms with Crippen molar-refractivity contribution >= 4 is 23.5 Å². The topological polar surface area (TPSA) is 109 Å². The van der Waals surface area contributed by atoms with Gasteiger partial charge in [-0.05, 0) is 36.2 Å². The van der Waals surface area contributed by atoms with Gasteiger partial charge in [0, 0.05) is 11.9 Å². The molecule has 1 aromatic carbocycles. The number of aromatic nitrogens is 1. The fourth-order valence-electron chi connectivity index (χ4n) is 3.46. The zero-order chi connectivity index (χ0) is 19.4. The molecule has 0 radical (unpaired) electrons. The van der Waals surface area contributed by atoms with Crippen LogP contribution in [0.15, 0.2) is 53.7 Å². The molecule has 1 unspecified atom stereocenters. The molecule has 0 aliphatic carbocycles. The molecule has 1 aromatic heterocycles. The summed E-state index contributed by atoms with van der Waals surface area (Å²) in [6, 6.07) is 12.6. The zero-order valence-corrected chi connectivity index (χ0v) is 15.4. The highest BCUT2D eigenvalue weighted by atomic mass is 16.2. The SMILES string of the molecule is CCC[C@]1(c2cccc(NC(=O)c3ccccn3)c2)N=C(N)NC(=O)C1C. The van der Waals surface area contributed by atoms with Gasteiger partial charge in [-0.3, -0.25) is 19.9 Å². The number of hydrogen-bond acceptors (Lipinski definition) is 5. The van der Waals surface area contributed by atoms with Crippen molar-refractivity contribution in [1.82, 2.24) is 10.3 Å². The molecule has 7 heteroatoms. The summed E-state index contributed by atoms with van der Waals surface area (Å²) in [6.45, 7) is 3.89. The van der Waals surface area contributed by atoms with Gasteiger partial charge in [0.15, 0.2) is 5.96 Å². The molecule has 2 aromatic rings. The summed E-state index contributed by atoms with van der Waals surface area (Å²) >= 11 is 0. The molecular formula is C20H23N5O2. The molecule has 1 aliphatic rings. The summed E-state index contributed by atoms with van der Waals surface area (Å²) in [5.41, 5.74) is 6.90. The van der Waals surface area contributed by atoms with Crippen molar-refractivity contribution in [2.24, 2.45) is 16.6 Å². The van der Waals surface area contributed by atoms with Gasteiger partial charge in [-0.15, -0.1) is 0 Å². The van der Waals surface area contributed by atoms with E-state index in [4.69, 9.17) is 5.73 Å². The molecule has 2 amide bonds. The van der Waals surface area contributed by atoms with Crippen molar-refractivity contribution in [2.75, 3.05) is 5.32 Å². The Morgan fingerprint density at radius 3 is 2.81 bits per heavy atom. The molecule has 2 heterocycles. The average Bonchev–Trinajstić information content (AvgIpc) is 2.67. The number of rotatable bonds is 5. The van der Waals surface area contributed by atoms with Gasteiger partial charge in [0.1, 0.15) is 11.2 Å². The van der Waals surface area contributed by atoms with Gasteiger partial charge in [-0.1, -0.05) is 38.5 Å². The number of benzene rings is 1. The van der Waals surface area contributed by atoms with Crippen molar-refractivity contribution in [3.8, 4) is 0 Å². The van der Waals surface area contributed by atoms with Crippen LogP contribution >= 0.6 is 0 Å². The molecule has 27 heavy (non-hydrogen) atoms. The molecule has 7 nitrogen and oxygen atoms in total. The minimum absolute atomic E-state index is 0.120. The summed E-state index contributed by atoms with van der Waals surface area (Å²) in [7, 11) is 0. The first-order chi connectivity index (χ1) is 13.0. The van der Waals surface area contributed by atoms with Gasteiger partial charge < -0.3 is 11.1 Å². The highest BCUT2D eigenvalue weighted by Crippen LogP contribution is 2.41. The number of carbonyl (C=O) groups excluding carboxylic acids is 2. The lowest BCUT2D eigenvalue weighted by Crippen LogP contribution is -2.53. The Bertz CT molecular complexity index is 881. The van der Waals surface area contributed by atoms with Gasteiger partial charge in [-0.2, -0.15) is 0 Å². The number of pyridine rings is 1. The summed E-state index contributed by atoms with van der Waals surface area (Å²) in [5.74, 6) is -0.713. The number of guanidine groups is 1. The predicted molar refractivity (Wildman–Crippen MR) is 104 cm³/mol. The van der Waals surface area contributed by atoms with Crippen molar-refractivity contribution in [3.05, 3.63) is 59.9 Å². The van der Waals surface area contributed by atoms with Crippen LogP contribution in [0.25, 0.3) is 0 Å². The third-order valence-electron chi connectivity index (χ3n) is 4.83. The minimum atomic E-state index is -0.757. The summed E-state index contributed by atoms with van der Waals surface area (Å²) in [6.07, 6.45) is 3.07. The molecule has 0 saturated heterocycles. The van der Waals surface area contributed by atoms with E-state index >= 15 is 0 Å². The fourth-order valence-corrected chi connectivity index (χ4v) is 3.46. The number of anilines is 1. The smallest absolute Gasteiger partial charge is 0.274 e. The standard InChI is InChI=1S/C20H23N5O2/c1-3-10-20(13(2)17(26)24-19(21)25-20)14-7-6-8-15(12-14)23-18(27)16-9-4-5-11-22-16/h4-9,11-13H,3,10H2,1-2H3,(H,23,27)(H3,21,24,25,26)/t13?,20-/m0/s1. The molecular weight excluding hydrogens is 342 g/mol. The lowest BCUT2D eigenvalue weighted by atomic mass is 9.75. The molecule has 1 aliphatic heterocycles. The number of nitrogens with zero attached hydrogens (tertiary/aromatic N) is 2. The van der Waals surface area contributed by atoms with Crippen LogP contribution in [-0.4, -0.2) is 22.8 Å². The van der Waals surface area contributed by atoms with Crippen LogP contribution in [-0.2, 0) is 10.3 Å². The summed E-state index contributed by atoms with van der Waals surface area (Å²) in [5, 5.41) is 5.44.